The van der Waals surface area contributed by atoms with Crippen molar-refractivity contribution in [3.63, 3.8) is 0 Å². The lowest BCUT2D eigenvalue weighted by molar-refractivity contribution is 0.406. The summed E-state index contributed by atoms with van der Waals surface area (Å²) in [6, 6.07) is 0.537. The van der Waals surface area contributed by atoms with Crippen molar-refractivity contribution in [3.05, 3.63) is 17.5 Å². The Kier molecular flexibility index (Phi) is 4.14. The van der Waals surface area contributed by atoms with Gasteiger partial charge < -0.3 is 5.32 Å². The fraction of sp³-hybridized carbons (Fsp3) is 0.727. The van der Waals surface area contributed by atoms with E-state index in [2.05, 4.69) is 42.1 Å². The zero-order chi connectivity index (χ0) is 10.6. The van der Waals surface area contributed by atoms with Crippen molar-refractivity contribution in [2.45, 2.75) is 39.7 Å². The summed E-state index contributed by atoms with van der Waals surface area (Å²) in [6.07, 6.45) is 4.44. The van der Waals surface area contributed by atoms with Gasteiger partial charge in [0.25, 0.3) is 0 Å². The molecular formula is C11H21N3. The Morgan fingerprint density at radius 3 is 2.64 bits per heavy atom. The van der Waals surface area contributed by atoms with Crippen LogP contribution >= 0.6 is 0 Å². The number of aryl methyl sites for hydroxylation is 2. The van der Waals surface area contributed by atoms with E-state index in [9.17, 15) is 0 Å². The normalized spacial score (nSPS) is 13.1. The summed E-state index contributed by atoms with van der Waals surface area (Å²) in [4.78, 5) is 0. The van der Waals surface area contributed by atoms with Gasteiger partial charge in [-0.3, -0.25) is 4.68 Å². The summed E-state index contributed by atoms with van der Waals surface area (Å²) in [5.74, 6) is 0. The van der Waals surface area contributed by atoms with E-state index >= 15 is 0 Å². The number of nitrogens with zero attached hydrogens (tertiary/aromatic N) is 2. The first-order valence-corrected chi connectivity index (χ1v) is 5.36. The highest BCUT2D eigenvalue weighted by molar-refractivity contribution is 5.12. The highest BCUT2D eigenvalue weighted by Gasteiger charge is 2.10. The molecule has 1 rings (SSSR count). The van der Waals surface area contributed by atoms with Gasteiger partial charge in [-0.2, -0.15) is 5.10 Å². The summed E-state index contributed by atoms with van der Waals surface area (Å²) >= 11 is 0. The molecule has 80 valence electrons. The quantitative estimate of drug-likeness (QED) is 0.779. The van der Waals surface area contributed by atoms with Gasteiger partial charge in [0.15, 0.2) is 0 Å². The van der Waals surface area contributed by atoms with E-state index in [4.69, 9.17) is 0 Å². The number of hydrogen-bond donors (Lipinski definition) is 1. The molecule has 0 fully saturated rings. The number of hydrogen-bond acceptors (Lipinski definition) is 2. The third kappa shape index (κ3) is 2.58. The predicted octanol–water partition coefficient (Wildman–Crippen LogP) is 2.06. The molecule has 0 aliphatic rings. The minimum atomic E-state index is 0.537. The Bertz CT molecular complexity index is 259. The SMILES string of the molecule is CCC(CCNC)n1cc(C)c(C)n1. The molecular weight excluding hydrogens is 174 g/mol. The Morgan fingerprint density at radius 1 is 1.50 bits per heavy atom. The summed E-state index contributed by atoms with van der Waals surface area (Å²) in [5.41, 5.74) is 2.43. The number of nitrogens with one attached hydrogen (secondary N) is 1. The molecule has 0 spiro atoms. The lowest BCUT2D eigenvalue weighted by atomic mass is 10.1. The number of rotatable bonds is 5. The third-order valence-corrected chi connectivity index (χ3v) is 2.74. The molecule has 0 bridgehead atoms. The Hall–Kier alpha value is -0.830. The second kappa shape index (κ2) is 5.15. The van der Waals surface area contributed by atoms with E-state index in [1.165, 1.54) is 5.56 Å². The second-order valence-electron chi connectivity index (χ2n) is 3.83. The predicted molar refractivity (Wildman–Crippen MR) is 59.6 cm³/mol. The van der Waals surface area contributed by atoms with Crippen molar-refractivity contribution in [1.82, 2.24) is 15.1 Å². The molecule has 3 heteroatoms. The van der Waals surface area contributed by atoms with Crippen molar-refractivity contribution in [2.75, 3.05) is 13.6 Å². The van der Waals surface area contributed by atoms with Gasteiger partial charge >= 0.3 is 0 Å². The van der Waals surface area contributed by atoms with Crippen molar-refractivity contribution < 1.29 is 0 Å². The molecule has 0 saturated carbocycles. The molecule has 0 aliphatic carbocycles. The molecule has 1 atom stereocenters. The van der Waals surface area contributed by atoms with E-state index < -0.39 is 0 Å². The van der Waals surface area contributed by atoms with Gasteiger partial charge in [0.1, 0.15) is 0 Å². The lowest BCUT2D eigenvalue weighted by Crippen LogP contribution is -2.16. The van der Waals surface area contributed by atoms with E-state index in [1.54, 1.807) is 0 Å². The van der Waals surface area contributed by atoms with Crippen molar-refractivity contribution >= 4 is 0 Å². The molecule has 0 aliphatic heterocycles. The standard InChI is InChI=1S/C11H21N3/c1-5-11(6-7-12-4)14-8-9(2)10(3)13-14/h8,11-12H,5-7H2,1-4H3. The highest BCUT2D eigenvalue weighted by atomic mass is 15.3. The summed E-state index contributed by atoms with van der Waals surface area (Å²) in [5, 5.41) is 7.71. The van der Waals surface area contributed by atoms with Gasteiger partial charge in [-0.15, -0.1) is 0 Å². The minimum absolute atomic E-state index is 0.537. The Balaban J connectivity index is 2.68. The van der Waals surface area contributed by atoms with Gasteiger partial charge in [0, 0.05) is 6.20 Å². The third-order valence-electron chi connectivity index (χ3n) is 2.74. The van der Waals surface area contributed by atoms with E-state index in [0.717, 1.165) is 25.1 Å². The van der Waals surface area contributed by atoms with E-state index in [1.807, 2.05) is 7.05 Å². The average molecular weight is 195 g/mol. The van der Waals surface area contributed by atoms with Crippen LogP contribution in [0.15, 0.2) is 6.20 Å². The van der Waals surface area contributed by atoms with Crippen molar-refractivity contribution in [3.8, 4) is 0 Å². The van der Waals surface area contributed by atoms with Gasteiger partial charge in [-0.25, -0.2) is 0 Å². The van der Waals surface area contributed by atoms with Crippen LogP contribution in [-0.4, -0.2) is 23.4 Å². The molecule has 3 nitrogen and oxygen atoms in total. The molecule has 1 unspecified atom stereocenters. The first-order valence-electron chi connectivity index (χ1n) is 5.36. The molecule has 0 amide bonds. The van der Waals surface area contributed by atoms with Crippen LogP contribution in [0.5, 0.6) is 0 Å². The maximum atomic E-state index is 4.52. The lowest BCUT2D eigenvalue weighted by Gasteiger charge is -2.14. The molecule has 14 heavy (non-hydrogen) atoms. The minimum Gasteiger partial charge on any atom is -0.320 e. The molecule has 0 aromatic carbocycles. The van der Waals surface area contributed by atoms with Crippen LogP contribution in [0.1, 0.15) is 37.1 Å². The first-order chi connectivity index (χ1) is 6.69. The zero-order valence-corrected chi connectivity index (χ0v) is 9.67. The monoisotopic (exact) mass is 195 g/mol. The van der Waals surface area contributed by atoms with Crippen LogP contribution in [0.25, 0.3) is 0 Å². The topological polar surface area (TPSA) is 29.9 Å². The molecule has 1 aromatic rings. The largest absolute Gasteiger partial charge is 0.320 e. The first kappa shape index (κ1) is 11.2. The van der Waals surface area contributed by atoms with Crippen LogP contribution in [-0.2, 0) is 0 Å². The summed E-state index contributed by atoms with van der Waals surface area (Å²) < 4.78 is 2.11. The van der Waals surface area contributed by atoms with Crippen LogP contribution in [0.2, 0.25) is 0 Å². The Morgan fingerprint density at radius 2 is 2.21 bits per heavy atom. The van der Waals surface area contributed by atoms with Crippen LogP contribution < -0.4 is 5.32 Å². The van der Waals surface area contributed by atoms with Crippen LogP contribution in [0.4, 0.5) is 0 Å². The zero-order valence-electron chi connectivity index (χ0n) is 9.67. The van der Waals surface area contributed by atoms with E-state index in [-0.39, 0.29) is 0 Å². The second-order valence-corrected chi connectivity index (χ2v) is 3.83. The van der Waals surface area contributed by atoms with Gasteiger partial charge in [-0.05, 0) is 45.8 Å². The Labute approximate surface area is 86.5 Å². The van der Waals surface area contributed by atoms with E-state index in [0.29, 0.717) is 6.04 Å². The molecule has 1 heterocycles. The molecule has 0 radical (unpaired) electrons. The fourth-order valence-corrected chi connectivity index (χ4v) is 1.59. The van der Waals surface area contributed by atoms with Gasteiger partial charge in [0.2, 0.25) is 0 Å². The smallest absolute Gasteiger partial charge is 0.0622 e. The van der Waals surface area contributed by atoms with Crippen LogP contribution in [0.3, 0.4) is 0 Å². The summed E-state index contributed by atoms with van der Waals surface area (Å²) in [6.45, 7) is 7.45. The maximum Gasteiger partial charge on any atom is 0.0622 e. The van der Waals surface area contributed by atoms with Crippen molar-refractivity contribution in [2.24, 2.45) is 0 Å². The summed E-state index contributed by atoms with van der Waals surface area (Å²) in [7, 11) is 1.99. The van der Waals surface area contributed by atoms with Crippen LogP contribution in [0, 0.1) is 13.8 Å². The van der Waals surface area contributed by atoms with Gasteiger partial charge in [0.05, 0.1) is 11.7 Å². The average Bonchev–Trinajstić information content (AvgIpc) is 2.48. The molecule has 0 saturated heterocycles. The number of aromatic nitrogens is 2. The molecule has 1 N–H and O–H groups in total. The highest BCUT2D eigenvalue weighted by Crippen LogP contribution is 2.16. The molecule has 1 aromatic heterocycles. The maximum absolute atomic E-state index is 4.52. The van der Waals surface area contributed by atoms with Gasteiger partial charge in [-0.1, -0.05) is 6.92 Å². The fourth-order valence-electron chi connectivity index (χ4n) is 1.59. The van der Waals surface area contributed by atoms with Crippen molar-refractivity contribution in [1.29, 1.82) is 0 Å².